The van der Waals surface area contributed by atoms with Crippen LogP contribution in [-0.2, 0) is 0 Å². The molecule has 0 N–H and O–H groups in total. The number of nitrogens with zero attached hydrogens (tertiary/aromatic N) is 2. The Balaban J connectivity index is 0.00000180. The largest absolute Gasteiger partial charge is 0.497 e. The molecule has 0 aliphatic rings. The van der Waals surface area contributed by atoms with Gasteiger partial charge in [-0.3, -0.25) is 0 Å². The molecule has 0 spiro atoms. The lowest BCUT2D eigenvalue weighted by atomic mass is 9.95. The highest BCUT2D eigenvalue weighted by molar-refractivity contribution is 6.40. The first-order valence-corrected chi connectivity index (χ1v) is 23.3. The van der Waals surface area contributed by atoms with E-state index >= 15 is 0 Å². The predicted molar refractivity (Wildman–Crippen MR) is 284 cm³/mol. The quantitative estimate of drug-likeness (QED) is 0.0682. The Morgan fingerprint density at radius 3 is 0.884 bits per heavy atom. The van der Waals surface area contributed by atoms with E-state index in [0.717, 1.165) is 123 Å². The summed E-state index contributed by atoms with van der Waals surface area (Å²) in [4.78, 5) is 4.42. The minimum Gasteiger partial charge on any atom is -0.497 e. The van der Waals surface area contributed by atoms with Crippen molar-refractivity contribution >= 4 is 101 Å². The summed E-state index contributed by atoms with van der Waals surface area (Å²) in [6.45, 7) is 0. The predicted octanol–water partition coefficient (Wildman–Crippen LogP) is 17.2. The third-order valence-corrected chi connectivity index (χ3v) is 12.3. The fourth-order valence-corrected chi connectivity index (χ4v) is 8.96. The number of methoxy groups -OCH3 is 4. The van der Waals surface area contributed by atoms with Gasteiger partial charge >= 0.3 is 0 Å². The van der Waals surface area contributed by atoms with E-state index in [-0.39, 0.29) is 5.34 Å². The van der Waals surface area contributed by atoms with Gasteiger partial charge in [-0.2, -0.15) is 0 Å². The third-order valence-electron chi connectivity index (χ3n) is 12.3. The van der Waals surface area contributed by atoms with Gasteiger partial charge in [0.2, 0.25) is 0 Å². The SMILES string of the molecule is COc1ccc(N(c2ccc(OC)cc2)c2ccc(-c3cc4cccc5c6oc(-c7ccc(N(c8ccc(OC)cc8)c8ccc(OC)cc8)cc7)cc7cccc(c(o3)c45)c76)cc2)cc1.ClCCl. The molecule has 0 unspecified atom stereocenters. The number of alkyl halides is 2. The monoisotopic (exact) mass is 948 g/mol. The number of anilines is 6. The summed E-state index contributed by atoms with van der Waals surface area (Å²) in [6, 6.07) is 66.3. The maximum atomic E-state index is 6.97. The van der Waals surface area contributed by atoms with Gasteiger partial charge in [0.05, 0.1) is 33.8 Å². The first-order valence-electron chi connectivity index (χ1n) is 22.2. The average Bonchev–Trinajstić information content (AvgIpc) is 3.41. The molecule has 0 fully saturated rings. The molecule has 10 heteroatoms. The van der Waals surface area contributed by atoms with E-state index in [1.807, 2.05) is 48.5 Å². The Labute approximate surface area is 410 Å². The molecule has 2 heterocycles. The summed E-state index contributed by atoms with van der Waals surface area (Å²) in [7, 11) is 6.71. The van der Waals surface area contributed by atoms with Crippen LogP contribution in [0, 0.1) is 0 Å². The van der Waals surface area contributed by atoms with E-state index < -0.39 is 0 Å². The molecule has 11 rings (SSSR count). The summed E-state index contributed by atoms with van der Waals surface area (Å²) < 4.78 is 35.8. The second-order valence-corrected chi connectivity index (χ2v) is 16.9. The van der Waals surface area contributed by atoms with Crippen LogP contribution < -0.4 is 28.7 Å². The molecule has 69 heavy (non-hydrogen) atoms. The van der Waals surface area contributed by atoms with Gasteiger partial charge in [0, 0.05) is 66.8 Å². The first kappa shape index (κ1) is 44.8. The minimum atomic E-state index is 0.194. The normalized spacial score (nSPS) is 11.1. The van der Waals surface area contributed by atoms with Gasteiger partial charge in [0.25, 0.3) is 0 Å². The number of fused-ring (bicyclic) bond motifs is 2. The van der Waals surface area contributed by atoms with Crippen molar-refractivity contribution in [2.24, 2.45) is 0 Å². The second kappa shape index (κ2) is 19.7. The first-order chi connectivity index (χ1) is 33.9. The van der Waals surface area contributed by atoms with Crippen LogP contribution in [0.1, 0.15) is 0 Å². The number of hydrogen-bond donors (Lipinski definition) is 0. The number of ether oxygens (including phenoxy) is 4. The molecular formula is C59H46Cl2N2O6. The number of benzene rings is 9. The van der Waals surface area contributed by atoms with Crippen molar-refractivity contribution in [3.8, 4) is 45.6 Å². The molecule has 8 nitrogen and oxygen atoms in total. The van der Waals surface area contributed by atoms with Crippen LogP contribution in [0.15, 0.2) is 203 Å². The lowest BCUT2D eigenvalue weighted by molar-refractivity contribution is 0.414. The molecule has 0 bridgehead atoms. The molecule has 0 saturated heterocycles. The molecular weight excluding hydrogens is 904 g/mol. The van der Waals surface area contributed by atoms with E-state index in [4.69, 9.17) is 51.0 Å². The van der Waals surface area contributed by atoms with Gasteiger partial charge in [-0.05, 0) is 168 Å². The fraction of sp³-hybridized carbons (Fsp3) is 0.0847. The van der Waals surface area contributed by atoms with Crippen LogP contribution in [0.25, 0.3) is 66.1 Å². The molecule has 0 aliphatic carbocycles. The molecule has 9 aromatic carbocycles. The van der Waals surface area contributed by atoms with E-state index in [9.17, 15) is 0 Å². The molecule has 0 amide bonds. The lowest BCUT2D eigenvalue weighted by Crippen LogP contribution is -2.09. The summed E-state index contributed by atoms with van der Waals surface area (Å²) >= 11 is 9.53. The van der Waals surface area contributed by atoms with E-state index in [2.05, 4.69) is 155 Å². The van der Waals surface area contributed by atoms with Gasteiger partial charge < -0.3 is 37.6 Å². The molecule has 0 saturated carbocycles. The van der Waals surface area contributed by atoms with Crippen molar-refractivity contribution in [1.82, 2.24) is 0 Å². The van der Waals surface area contributed by atoms with Crippen LogP contribution in [0.2, 0.25) is 0 Å². The molecule has 342 valence electrons. The van der Waals surface area contributed by atoms with E-state index in [1.54, 1.807) is 28.4 Å². The summed E-state index contributed by atoms with van der Waals surface area (Å²) in [6.07, 6.45) is 0. The topological polar surface area (TPSA) is 69.7 Å². The number of halogens is 2. The van der Waals surface area contributed by atoms with Gasteiger partial charge in [-0.15, -0.1) is 23.2 Å². The van der Waals surface area contributed by atoms with Crippen molar-refractivity contribution < 1.29 is 27.8 Å². The van der Waals surface area contributed by atoms with Crippen LogP contribution in [0.4, 0.5) is 34.1 Å². The molecule has 0 radical (unpaired) electrons. The minimum absolute atomic E-state index is 0.194. The van der Waals surface area contributed by atoms with Crippen molar-refractivity contribution in [3.63, 3.8) is 0 Å². The molecule has 0 aliphatic heterocycles. The Hall–Kier alpha value is -8.04. The van der Waals surface area contributed by atoms with Crippen molar-refractivity contribution in [2.45, 2.75) is 0 Å². The maximum Gasteiger partial charge on any atom is 0.144 e. The summed E-state index contributed by atoms with van der Waals surface area (Å²) in [5.74, 6) is 4.73. The smallest absolute Gasteiger partial charge is 0.144 e. The Morgan fingerprint density at radius 2 is 0.623 bits per heavy atom. The van der Waals surface area contributed by atoms with E-state index in [1.165, 1.54) is 0 Å². The van der Waals surface area contributed by atoms with Crippen LogP contribution >= 0.6 is 23.2 Å². The van der Waals surface area contributed by atoms with Crippen LogP contribution in [0.5, 0.6) is 23.0 Å². The Bertz CT molecular complexity index is 3190. The van der Waals surface area contributed by atoms with Gasteiger partial charge in [-0.25, -0.2) is 0 Å². The number of hydrogen-bond acceptors (Lipinski definition) is 8. The standard InChI is InChI=1S/C58H44N2O6.CH2Cl2/c1-61-47-27-19-43(20-28-47)59(44-21-29-48(62-2)30-22-44)41-15-11-37(12-16-41)53-35-39-7-5-10-52-55(39)57(65-53)51-9-6-8-40-36-54(66-58(52)56(40)51)38-13-17-42(18-14-38)60(45-23-31-49(63-3)32-24-45)46-25-33-50(64-4)34-26-46;2-1-3/h5-36H,1-4H3;1H2. The van der Waals surface area contributed by atoms with Gasteiger partial charge in [0.15, 0.2) is 0 Å². The second-order valence-electron chi connectivity index (χ2n) is 16.1. The summed E-state index contributed by atoms with van der Waals surface area (Å²) in [5.41, 5.74) is 9.56. The van der Waals surface area contributed by atoms with Crippen LogP contribution in [0.3, 0.4) is 0 Å². The molecule has 2 aromatic heterocycles. The Kier molecular flexibility index (Phi) is 12.8. The zero-order valence-corrected chi connectivity index (χ0v) is 39.8. The zero-order valence-electron chi connectivity index (χ0n) is 38.3. The van der Waals surface area contributed by atoms with Gasteiger partial charge in [-0.1, -0.05) is 36.4 Å². The third kappa shape index (κ3) is 8.72. The highest BCUT2D eigenvalue weighted by Crippen LogP contribution is 2.45. The van der Waals surface area contributed by atoms with E-state index in [0.29, 0.717) is 0 Å². The zero-order chi connectivity index (χ0) is 47.4. The Morgan fingerprint density at radius 1 is 0.362 bits per heavy atom. The highest BCUT2D eigenvalue weighted by atomic mass is 35.5. The summed E-state index contributed by atoms with van der Waals surface area (Å²) in [5, 5.41) is 6.36. The average molecular weight is 950 g/mol. The molecule has 11 aromatic rings. The van der Waals surface area contributed by atoms with Crippen molar-refractivity contribution in [2.75, 3.05) is 43.6 Å². The lowest BCUT2D eigenvalue weighted by Gasteiger charge is -2.26. The highest BCUT2D eigenvalue weighted by Gasteiger charge is 2.21. The van der Waals surface area contributed by atoms with Crippen molar-refractivity contribution in [1.29, 1.82) is 0 Å². The van der Waals surface area contributed by atoms with Crippen molar-refractivity contribution in [3.05, 3.63) is 194 Å². The molecule has 0 atom stereocenters. The maximum absolute atomic E-state index is 6.97. The number of rotatable bonds is 12. The fourth-order valence-electron chi connectivity index (χ4n) is 8.96. The van der Waals surface area contributed by atoms with Gasteiger partial charge in [0.1, 0.15) is 45.7 Å². The van der Waals surface area contributed by atoms with Crippen LogP contribution in [-0.4, -0.2) is 33.8 Å².